The molecule has 2 aliphatic rings. The van der Waals surface area contributed by atoms with Crippen molar-refractivity contribution in [2.24, 2.45) is 0 Å². The van der Waals surface area contributed by atoms with Gasteiger partial charge >= 0.3 is 0 Å². The fraction of sp³-hybridized carbons (Fsp3) is 0.240. The Labute approximate surface area is 199 Å². The molecule has 0 saturated carbocycles. The average molecular weight is 482 g/mol. The maximum Gasteiger partial charge on any atom is 0.258 e. The smallest absolute Gasteiger partial charge is 0.258 e. The van der Waals surface area contributed by atoms with E-state index in [1.165, 1.54) is 27.2 Å². The van der Waals surface area contributed by atoms with Crippen LogP contribution in [-0.2, 0) is 16.1 Å². The second kappa shape index (κ2) is 8.32. The van der Waals surface area contributed by atoms with Crippen LogP contribution in [0.15, 0.2) is 60.0 Å². The van der Waals surface area contributed by atoms with Crippen molar-refractivity contribution < 1.29 is 23.2 Å². The molecule has 1 unspecified atom stereocenters. The fourth-order valence-electron chi connectivity index (χ4n) is 4.73. The number of fused-ring (bicyclic) bond motifs is 3. The van der Waals surface area contributed by atoms with Crippen LogP contribution in [0.3, 0.4) is 0 Å². The molecule has 0 aliphatic carbocycles. The maximum absolute atomic E-state index is 14.7. The van der Waals surface area contributed by atoms with Gasteiger partial charge in [-0.1, -0.05) is 18.2 Å². The normalized spacial score (nSPS) is 19.3. The van der Waals surface area contributed by atoms with Gasteiger partial charge in [0, 0.05) is 17.4 Å². The van der Waals surface area contributed by atoms with Crippen molar-refractivity contribution in [1.29, 1.82) is 0 Å². The Balaban J connectivity index is 1.53. The molecule has 2 aromatic carbocycles. The minimum Gasteiger partial charge on any atom is -0.306 e. The first-order valence-electron chi connectivity index (χ1n) is 10.8. The third-order valence-electron chi connectivity index (χ3n) is 6.43. The fourth-order valence-corrected chi connectivity index (χ4v) is 5.42. The third-order valence-corrected chi connectivity index (χ3v) is 7.30. The van der Waals surface area contributed by atoms with E-state index in [4.69, 9.17) is 0 Å². The van der Waals surface area contributed by atoms with Gasteiger partial charge in [-0.25, -0.2) is 8.78 Å². The maximum atomic E-state index is 14.7. The van der Waals surface area contributed by atoms with Gasteiger partial charge in [0.15, 0.2) is 0 Å². The van der Waals surface area contributed by atoms with Crippen LogP contribution in [0.1, 0.15) is 35.0 Å². The Bertz CT molecular complexity index is 1300. The minimum atomic E-state index is -1.02. The zero-order valence-corrected chi connectivity index (χ0v) is 19.1. The number of para-hydroxylation sites is 1. The molecule has 0 spiro atoms. The van der Waals surface area contributed by atoms with E-state index in [-0.39, 0.29) is 37.0 Å². The number of hydrogen-bond donors (Lipinski definition) is 0. The highest BCUT2D eigenvalue weighted by molar-refractivity contribution is 7.09. The second-order valence-electron chi connectivity index (χ2n) is 8.51. The predicted octanol–water partition coefficient (Wildman–Crippen LogP) is 4.56. The van der Waals surface area contributed by atoms with Gasteiger partial charge in [-0.05, 0) is 49.1 Å². The van der Waals surface area contributed by atoms with Gasteiger partial charge in [-0.2, -0.15) is 0 Å². The van der Waals surface area contributed by atoms with Crippen LogP contribution in [0.4, 0.5) is 20.2 Å². The first kappa shape index (κ1) is 22.2. The predicted molar refractivity (Wildman–Crippen MR) is 124 cm³/mol. The second-order valence-corrected chi connectivity index (χ2v) is 9.54. The number of carbonyl (C=O) groups is 3. The van der Waals surface area contributed by atoms with Crippen molar-refractivity contribution in [1.82, 2.24) is 4.90 Å². The molecule has 6 nitrogen and oxygen atoms in total. The van der Waals surface area contributed by atoms with E-state index in [2.05, 4.69) is 0 Å². The molecule has 2 aliphatic heterocycles. The first-order valence-corrected chi connectivity index (χ1v) is 11.7. The molecule has 5 rings (SSSR count). The molecule has 3 amide bonds. The Morgan fingerprint density at radius 2 is 1.91 bits per heavy atom. The highest BCUT2D eigenvalue weighted by Crippen LogP contribution is 2.44. The van der Waals surface area contributed by atoms with Gasteiger partial charge in [0.2, 0.25) is 11.8 Å². The molecule has 3 aromatic rings. The third kappa shape index (κ3) is 3.56. The summed E-state index contributed by atoms with van der Waals surface area (Å²) in [6, 6.07) is 13.5. The lowest BCUT2D eigenvalue weighted by Crippen LogP contribution is -2.64. The van der Waals surface area contributed by atoms with Gasteiger partial charge in [-0.15, -0.1) is 11.3 Å². The van der Waals surface area contributed by atoms with E-state index < -0.39 is 23.2 Å². The van der Waals surface area contributed by atoms with Crippen LogP contribution in [0.2, 0.25) is 0 Å². The summed E-state index contributed by atoms with van der Waals surface area (Å²) in [5.74, 6) is -2.65. The number of halogens is 2. The molecule has 1 atom stereocenters. The largest absolute Gasteiger partial charge is 0.306 e. The van der Waals surface area contributed by atoms with Gasteiger partial charge in [-0.3, -0.25) is 19.3 Å². The number of nitrogens with zero attached hydrogens (tertiary/aromatic N) is 3. The summed E-state index contributed by atoms with van der Waals surface area (Å²) >= 11 is 1.40. The number of benzene rings is 2. The lowest BCUT2D eigenvalue weighted by molar-refractivity contribution is -0.122. The number of rotatable bonds is 5. The molecule has 1 fully saturated rings. The molecule has 3 heterocycles. The molecule has 0 bridgehead atoms. The number of thiophene rings is 1. The van der Waals surface area contributed by atoms with E-state index in [0.29, 0.717) is 17.7 Å². The number of carbonyl (C=O) groups excluding carboxylic acids is 3. The van der Waals surface area contributed by atoms with Crippen molar-refractivity contribution in [3.05, 3.63) is 82.1 Å². The monoisotopic (exact) mass is 481 g/mol. The quantitative estimate of drug-likeness (QED) is 0.537. The SMILES string of the molecule is CC12CCC(=O)N1c1ccccc1C(=O)N2CC(=O)N(Cc1cccs1)c1ccc(F)cc1F. The van der Waals surface area contributed by atoms with Gasteiger partial charge in [0.25, 0.3) is 5.91 Å². The molecule has 174 valence electrons. The van der Waals surface area contributed by atoms with E-state index in [1.54, 1.807) is 36.1 Å². The standard InChI is InChI=1S/C25H21F2N3O3S/c1-25-11-10-22(31)30(25)20-7-3-2-6-18(20)24(33)29(25)15-23(32)28(14-17-5-4-12-34-17)21-9-8-16(26)13-19(21)27/h2-9,12-13H,10-11,14-15H2,1H3. The van der Waals surface area contributed by atoms with Gasteiger partial charge < -0.3 is 9.80 Å². The number of amides is 3. The van der Waals surface area contributed by atoms with E-state index >= 15 is 0 Å². The van der Waals surface area contributed by atoms with Crippen LogP contribution in [0.25, 0.3) is 0 Å². The van der Waals surface area contributed by atoms with Crippen LogP contribution in [0, 0.1) is 11.6 Å². The van der Waals surface area contributed by atoms with Crippen molar-refractivity contribution in [3.63, 3.8) is 0 Å². The molecule has 0 N–H and O–H groups in total. The summed E-state index contributed by atoms with van der Waals surface area (Å²) in [6.45, 7) is 1.47. The van der Waals surface area contributed by atoms with Crippen LogP contribution in [-0.4, -0.2) is 34.8 Å². The summed E-state index contributed by atoms with van der Waals surface area (Å²) in [4.78, 5) is 44.9. The summed E-state index contributed by atoms with van der Waals surface area (Å²) in [5.41, 5.74) is -0.232. The van der Waals surface area contributed by atoms with Crippen LogP contribution in [0.5, 0.6) is 0 Å². The lowest BCUT2D eigenvalue weighted by Gasteiger charge is -2.48. The van der Waals surface area contributed by atoms with Gasteiger partial charge in [0.05, 0.1) is 23.5 Å². The molecule has 1 aromatic heterocycles. The molecule has 0 radical (unpaired) electrons. The first-order chi connectivity index (χ1) is 16.3. The Morgan fingerprint density at radius 3 is 2.65 bits per heavy atom. The number of hydrogen-bond acceptors (Lipinski definition) is 4. The summed E-state index contributed by atoms with van der Waals surface area (Å²) in [6.07, 6.45) is 0.614. The lowest BCUT2D eigenvalue weighted by atomic mass is 9.98. The molecular formula is C25H21F2N3O3S. The zero-order chi connectivity index (χ0) is 24.0. The van der Waals surface area contributed by atoms with Crippen LogP contribution >= 0.6 is 11.3 Å². The molecular weight excluding hydrogens is 460 g/mol. The highest BCUT2D eigenvalue weighted by atomic mass is 32.1. The van der Waals surface area contributed by atoms with Crippen LogP contribution < -0.4 is 9.80 Å². The van der Waals surface area contributed by atoms with Gasteiger partial charge in [0.1, 0.15) is 23.8 Å². The minimum absolute atomic E-state index is 0.0665. The van der Waals surface area contributed by atoms with Crippen molar-refractivity contribution in [2.75, 3.05) is 16.3 Å². The molecule has 1 saturated heterocycles. The summed E-state index contributed by atoms with van der Waals surface area (Å²) < 4.78 is 28.3. The van der Waals surface area contributed by atoms with E-state index in [9.17, 15) is 23.2 Å². The van der Waals surface area contributed by atoms with Crippen molar-refractivity contribution >= 4 is 40.4 Å². The number of anilines is 2. The van der Waals surface area contributed by atoms with E-state index in [1.807, 2.05) is 17.5 Å². The van der Waals surface area contributed by atoms with Crippen molar-refractivity contribution in [2.45, 2.75) is 32.0 Å². The summed E-state index contributed by atoms with van der Waals surface area (Å²) in [5, 5.41) is 1.84. The topological polar surface area (TPSA) is 60.9 Å². The summed E-state index contributed by atoms with van der Waals surface area (Å²) in [7, 11) is 0. The Kier molecular flexibility index (Phi) is 5.44. The Morgan fingerprint density at radius 1 is 1.12 bits per heavy atom. The highest BCUT2D eigenvalue weighted by Gasteiger charge is 2.53. The van der Waals surface area contributed by atoms with E-state index in [0.717, 1.165) is 17.0 Å². The molecule has 9 heteroatoms. The average Bonchev–Trinajstić information content (AvgIpc) is 3.43. The molecule has 34 heavy (non-hydrogen) atoms. The zero-order valence-electron chi connectivity index (χ0n) is 18.3. The van der Waals surface area contributed by atoms with Crippen molar-refractivity contribution in [3.8, 4) is 0 Å². The Hall–Kier alpha value is -3.59.